The molecule has 7 nitrogen and oxygen atoms in total. The minimum atomic E-state index is -0.379. The third-order valence-corrected chi connectivity index (χ3v) is 4.72. The first-order valence-corrected chi connectivity index (χ1v) is 9.21. The minimum absolute atomic E-state index is 0.0382. The van der Waals surface area contributed by atoms with Crippen LogP contribution in [0.5, 0.6) is 5.75 Å². The molecule has 1 heterocycles. The summed E-state index contributed by atoms with van der Waals surface area (Å²) in [5.41, 5.74) is 2.20. The zero-order chi connectivity index (χ0) is 19.9. The standard InChI is InChI=1S/C21H25N3O4/c1-27-19-9-7-18(8-10-19)24(21(26)23-13-11-22-12-14-23)15-16-3-5-17(6-4-16)20(25)28-2/h3-10,22H,11-15H2,1-2H3. The van der Waals surface area contributed by atoms with E-state index in [0.717, 1.165) is 30.1 Å². The van der Waals surface area contributed by atoms with E-state index in [1.165, 1.54) is 7.11 Å². The third kappa shape index (κ3) is 4.61. The molecule has 0 spiro atoms. The van der Waals surface area contributed by atoms with Crippen molar-refractivity contribution >= 4 is 17.7 Å². The number of hydrogen-bond acceptors (Lipinski definition) is 5. The monoisotopic (exact) mass is 383 g/mol. The zero-order valence-electron chi connectivity index (χ0n) is 16.2. The molecule has 0 bridgehead atoms. The topological polar surface area (TPSA) is 71.1 Å². The van der Waals surface area contributed by atoms with E-state index >= 15 is 0 Å². The average molecular weight is 383 g/mol. The van der Waals surface area contributed by atoms with Crippen LogP contribution in [-0.2, 0) is 11.3 Å². The van der Waals surface area contributed by atoms with Crippen molar-refractivity contribution in [3.63, 3.8) is 0 Å². The number of methoxy groups -OCH3 is 2. The summed E-state index contributed by atoms with van der Waals surface area (Å²) in [6.07, 6.45) is 0. The number of nitrogens with one attached hydrogen (secondary N) is 1. The van der Waals surface area contributed by atoms with Gasteiger partial charge in [-0.25, -0.2) is 9.59 Å². The Bertz CT molecular complexity index is 799. The van der Waals surface area contributed by atoms with Gasteiger partial charge in [-0.2, -0.15) is 0 Å². The lowest BCUT2D eigenvalue weighted by molar-refractivity contribution is 0.0600. The Balaban J connectivity index is 1.84. The van der Waals surface area contributed by atoms with Crippen molar-refractivity contribution in [2.75, 3.05) is 45.3 Å². The van der Waals surface area contributed by atoms with Gasteiger partial charge in [-0.15, -0.1) is 0 Å². The maximum Gasteiger partial charge on any atom is 0.337 e. The SMILES string of the molecule is COC(=O)c1ccc(CN(C(=O)N2CCNCC2)c2ccc(OC)cc2)cc1. The van der Waals surface area contributed by atoms with Crippen LogP contribution in [0.3, 0.4) is 0 Å². The summed E-state index contributed by atoms with van der Waals surface area (Å²) in [5.74, 6) is 0.358. The van der Waals surface area contributed by atoms with Crippen molar-refractivity contribution in [1.29, 1.82) is 0 Å². The van der Waals surface area contributed by atoms with E-state index in [1.807, 2.05) is 41.3 Å². The van der Waals surface area contributed by atoms with Gasteiger partial charge in [0.25, 0.3) is 0 Å². The number of ether oxygens (including phenoxy) is 2. The largest absolute Gasteiger partial charge is 0.497 e. The summed E-state index contributed by atoms with van der Waals surface area (Å²) in [7, 11) is 2.97. The van der Waals surface area contributed by atoms with Crippen LogP contribution in [-0.4, -0.2) is 57.3 Å². The first-order valence-electron chi connectivity index (χ1n) is 9.21. The van der Waals surface area contributed by atoms with Gasteiger partial charge < -0.3 is 19.7 Å². The molecule has 7 heteroatoms. The van der Waals surface area contributed by atoms with Crippen LogP contribution in [0.15, 0.2) is 48.5 Å². The zero-order valence-corrected chi connectivity index (χ0v) is 16.2. The maximum atomic E-state index is 13.2. The summed E-state index contributed by atoms with van der Waals surface area (Å²) < 4.78 is 9.96. The number of benzene rings is 2. The van der Waals surface area contributed by atoms with E-state index < -0.39 is 0 Å². The number of anilines is 1. The molecular formula is C21H25N3O4. The molecule has 148 valence electrons. The fourth-order valence-corrected chi connectivity index (χ4v) is 3.11. The second kappa shape index (κ2) is 9.23. The highest BCUT2D eigenvalue weighted by Crippen LogP contribution is 2.23. The van der Waals surface area contributed by atoms with Crippen molar-refractivity contribution in [1.82, 2.24) is 10.2 Å². The average Bonchev–Trinajstić information content (AvgIpc) is 2.77. The molecule has 28 heavy (non-hydrogen) atoms. The Morgan fingerprint density at radius 3 is 2.21 bits per heavy atom. The molecule has 3 rings (SSSR count). The summed E-state index contributed by atoms with van der Waals surface area (Å²) in [4.78, 5) is 28.4. The Labute approximate surface area is 164 Å². The van der Waals surface area contributed by atoms with Gasteiger partial charge in [0, 0.05) is 31.9 Å². The molecule has 0 atom stereocenters. The number of nitrogens with zero attached hydrogens (tertiary/aromatic N) is 2. The molecule has 0 aromatic heterocycles. The van der Waals surface area contributed by atoms with Crippen LogP contribution in [0.1, 0.15) is 15.9 Å². The van der Waals surface area contributed by atoms with E-state index in [4.69, 9.17) is 9.47 Å². The predicted octanol–water partition coefficient (Wildman–Crippen LogP) is 2.51. The van der Waals surface area contributed by atoms with Gasteiger partial charge in [-0.05, 0) is 42.0 Å². The number of urea groups is 1. The smallest absolute Gasteiger partial charge is 0.337 e. The Morgan fingerprint density at radius 2 is 1.64 bits per heavy atom. The normalized spacial score (nSPS) is 13.7. The van der Waals surface area contributed by atoms with Crippen molar-refractivity contribution in [3.05, 3.63) is 59.7 Å². The van der Waals surface area contributed by atoms with Crippen LogP contribution in [0.2, 0.25) is 0 Å². The van der Waals surface area contributed by atoms with Crippen LogP contribution >= 0.6 is 0 Å². The van der Waals surface area contributed by atoms with Crippen LogP contribution in [0.4, 0.5) is 10.5 Å². The molecular weight excluding hydrogens is 358 g/mol. The molecule has 0 radical (unpaired) electrons. The second-order valence-corrected chi connectivity index (χ2v) is 6.49. The quantitative estimate of drug-likeness (QED) is 0.804. The first-order chi connectivity index (χ1) is 13.6. The molecule has 1 aliphatic rings. The molecule has 2 aromatic rings. The van der Waals surface area contributed by atoms with E-state index in [2.05, 4.69) is 5.32 Å². The second-order valence-electron chi connectivity index (χ2n) is 6.49. The van der Waals surface area contributed by atoms with Crippen molar-refractivity contribution < 1.29 is 19.1 Å². The molecule has 2 amide bonds. The number of esters is 1. The van der Waals surface area contributed by atoms with Gasteiger partial charge in [-0.3, -0.25) is 4.90 Å². The lowest BCUT2D eigenvalue weighted by atomic mass is 10.1. The molecule has 0 saturated carbocycles. The number of carbonyl (C=O) groups excluding carboxylic acids is 2. The number of hydrogen-bond donors (Lipinski definition) is 1. The molecule has 1 aliphatic heterocycles. The van der Waals surface area contributed by atoms with E-state index in [0.29, 0.717) is 25.2 Å². The molecule has 0 unspecified atom stereocenters. The van der Waals surface area contributed by atoms with Crippen LogP contribution in [0.25, 0.3) is 0 Å². The summed E-state index contributed by atoms with van der Waals surface area (Å²) in [6.45, 7) is 3.32. The highest BCUT2D eigenvalue weighted by atomic mass is 16.5. The molecule has 1 N–H and O–H groups in total. The molecule has 2 aromatic carbocycles. The van der Waals surface area contributed by atoms with Gasteiger partial charge >= 0.3 is 12.0 Å². The van der Waals surface area contributed by atoms with Gasteiger partial charge in [0.05, 0.1) is 26.3 Å². The van der Waals surface area contributed by atoms with Gasteiger partial charge in [-0.1, -0.05) is 12.1 Å². The Kier molecular flexibility index (Phi) is 6.49. The fraction of sp³-hybridized carbons (Fsp3) is 0.333. The minimum Gasteiger partial charge on any atom is -0.497 e. The van der Waals surface area contributed by atoms with Crippen molar-refractivity contribution in [2.24, 2.45) is 0 Å². The van der Waals surface area contributed by atoms with E-state index in [-0.39, 0.29) is 12.0 Å². The highest BCUT2D eigenvalue weighted by molar-refractivity contribution is 5.92. The van der Waals surface area contributed by atoms with E-state index in [1.54, 1.807) is 24.1 Å². The summed E-state index contributed by atoms with van der Waals surface area (Å²) >= 11 is 0. The highest BCUT2D eigenvalue weighted by Gasteiger charge is 2.24. The Hall–Kier alpha value is -3.06. The number of rotatable bonds is 5. The van der Waals surface area contributed by atoms with Crippen LogP contribution in [0, 0.1) is 0 Å². The predicted molar refractivity (Wildman–Crippen MR) is 107 cm³/mol. The number of piperazine rings is 1. The first kappa shape index (κ1) is 19.7. The fourth-order valence-electron chi connectivity index (χ4n) is 3.11. The van der Waals surface area contributed by atoms with Gasteiger partial charge in [0.1, 0.15) is 5.75 Å². The lowest BCUT2D eigenvalue weighted by Crippen LogP contribution is -2.51. The molecule has 0 aliphatic carbocycles. The van der Waals surface area contributed by atoms with Gasteiger partial charge in [0.15, 0.2) is 0 Å². The molecule has 1 saturated heterocycles. The molecule has 1 fully saturated rings. The Morgan fingerprint density at radius 1 is 1.00 bits per heavy atom. The maximum absolute atomic E-state index is 13.2. The summed E-state index contributed by atoms with van der Waals surface area (Å²) in [6, 6.07) is 14.5. The van der Waals surface area contributed by atoms with Gasteiger partial charge in [0.2, 0.25) is 0 Å². The van der Waals surface area contributed by atoms with E-state index in [9.17, 15) is 9.59 Å². The van der Waals surface area contributed by atoms with Crippen LogP contribution < -0.4 is 15.0 Å². The third-order valence-electron chi connectivity index (χ3n) is 4.72. The lowest BCUT2D eigenvalue weighted by Gasteiger charge is -2.33. The number of carbonyl (C=O) groups is 2. The van der Waals surface area contributed by atoms with Crippen molar-refractivity contribution in [2.45, 2.75) is 6.54 Å². The summed E-state index contributed by atoms with van der Waals surface area (Å²) in [5, 5.41) is 3.26. The number of amides is 2. The van der Waals surface area contributed by atoms with Crippen molar-refractivity contribution in [3.8, 4) is 5.75 Å².